The Morgan fingerprint density at radius 1 is 1.07 bits per heavy atom. The van der Waals surface area contributed by atoms with Crippen molar-refractivity contribution in [3.8, 4) is 17.0 Å². The summed E-state index contributed by atoms with van der Waals surface area (Å²) in [6.07, 6.45) is 0.0914. The summed E-state index contributed by atoms with van der Waals surface area (Å²) in [5.41, 5.74) is 2.64. The SMILES string of the molecule is COC(=O)Cc1sc(NC(=O)COc2ccc(C)cc2)nc1-c1ccccc1. The number of nitrogens with one attached hydrogen (secondary N) is 1. The Morgan fingerprint density at radius 3 is 2.46 bits per heavy atom. The van der Waals surface area contributed by atoms with Crippen molar-refractivity contribution >= 4 is 28.3 Å². The van der Waals surface area contributed by atoms with Crippen molar-refractivity contribution in [2.45, 2.75) is 13.3 Å². The molecule has 0 atom stereocenters. The Morgan fingerprint density at radius 2 is 1.79 bits per heavy atom. The number of methoxy groups -OCH3 is 1. The molecule has 3 rings (SSSR count). The molecule has 1 amide bonds. The van der Waals surface area contributed by atoms with E-state index in [2.05, 4.69) is 10.3 Å². The molecule has 7 heteroatoms. The van der Waals surface area contributed by atoms with Crippen LogP contribution in [0, 0.1) is 6.92 Å². The number of esters is 1. The van der Waals surface area contributed by atoms with Crippen LogP contribution in [0.15, 0.2) is 54.6 Å². The zero-order valence-corrected chi connectivity index (χ0v) is 16.4. The topological polar surface area (TPSA) is 77.5 Å². The van der Waals surface area contributed by atoms with Crippen LogP contribution in [0.25, 0.3) is 11.3 Å². The lowest BCUT2D eigenvalue weighted by Crippen LogP contribution is -2.20. The second-order valence-electron chi connectivity index (χ2n) is 6.06. The summed E-state index contributed by atoms with van der Waals surface area (Å²) in [5, 5.41) is 3.15. The van der Waals surface area contributed by atoms with Crippen LogP contribution >= 0.6 is 11.3 Å². The van der Waals surface area contributed by atoms with Crippen LogP contribution in [0.2, 0.25) is 0 Å². The lowest BCUT2D eigenvalue weighted by atomic mass is 10.1. The van der Waals surface area contributed by atoms with Gasteiger partial charge in [-0.05, 0) is 19.1 Å². The van der Waals surface area contributed by atoms with E-state index in [1.807, 2.05) is 61.5 Å². The van der Waals surface area contributed by atoms with E-state index in [0.29, 0.717) is 16.6 Å². The van der Waals surface area contributed by atoms with Gasteiger partial charge in [0.05, 0.1) is 19.2 Å². The first kappa shape index (κ1) is 19.6. The summed E-state index contributed by atoms with van der Waals surface area (Å²) >= 11 is 1.25. The van der Waals surface area contributed by atoms with Crippen LogP contribution in [-0.4, -0.2) is 30.6 Å². The van der Waals surface area contributed by atoms with Gasteiger partial charge in [0.2, 0.25) is 0 Å². The van der Waals surface area contributed by atoms with Gasteiger partial charge in [0.1, 0.15) is 5.75 Å². The summed E-state index contributed by atoms with van der Waals surface area (Å²) in [7, 11) is 1.34. The van der Waals surface area contributed by atoms with Crippen LogP contribution in [-0.2, 0) is 20.7 Å². The monoisotopic (exact) mass is 396 g/mol. The maximum atomic E-state index is 12.2. The van der Waals surface area contributed by atoms with Gasteiger partial charge in [-0.15, -0.1) is 11.3 Å². The minimum absolute atomic E-state index is 0.0914. The summed E-state index contributed by atoms with van der Waals surface area (Å²) in [6, 6.07) is 17.0. The van der Waals surface area contributed by atoms with E-state index in [1.54, 1.807) is 0 Å². The van der Waals surface area contributed by atoms with E-state index in [-0.39, 0.29) is 24.9 Å². The third-order valence-corrected chi connectivity index (χ3v) is 4.89. The highest BCUT2D eigenvalue weighted by molar-refractivity contribution is 7.16. The van der Waals surface area contributed by atoms with E-state index in [0.717, 1.165) is 16.0 Å². The van der Waals surface area contributed by atoms with Gasteiger partial charge in [-0.3, -0.25) is 14.9 Å². The molecule has 0 bridgehead atoms. The van der Waals surface area contributed by atoms with Crippen molar-refractivity contribution in [1.29, 1.82) is 0 Å². The number of aromatic nitrogens is 1. The summed E-state index contributed by atoms with van der Waals surface area (Å²) in [4.78, 5) is 29.2. The molecule has 0 spiro atoms. The van der Waals surface area contributed by atoms with E-state index < -0.39 is 0 Å². The normalized spacial score (nSPS) is 10.4. The molecule has 0 saturated carbocycles. The lowest BCUT2D eigenvalue weighted by Gasteiger charge is -2.05. The van der Waals surface area contributed by atoms with Gasteiger partial charge in [-0.1, -0.05) is 48.0 Å². The Labute approximate surface area is 167 Å². The standard InChI is InChI=1S/C21H20N2O4S/c1-14-8-10-16(11-9-14)27-13-18(24)22-21-23-20(15-6-4-3-5-7-15)17(28-21)12-19(25)26-2/h3-11H,12-13H2,1-2H3,(H,22,23,24). The maximum Gasteiger partial charge on any atom is 0.310 e. The van der Waals surface area contributed by atoms with Crippen LogP contribution < -0.4 is 10.1 Å². The second kappa shape index (κ2) is 9.14. The van der Waals surface area contributed by atoms with Crippen molar-refractivity contribution in [3.05, 3.63) is 65.0 Å². The maximum absolute atomic E-state index is 12.2. The molecule has 0 unspecified atom stereocenters. The fourth-order valence-electron chi connectivity index (χ4n) is 2.49. The molecule has 2 aromatic carbocycles. The van der Waals surface area contributed by atoms with E-state index in [4.69, 9.17) is 9.47 Å². The predicted octanol–water partition coefficient (Wildman–Crippen LogP) is 3.85. The number of carbonyl (C=O) groups excluding carboxylic acids is 2. The second-order valence-corrected chi connectivity index (χ2v) is 7.14. The zero-order chi connectivity index (χ0) is 19.9. The molecule has 3 aromatic rings. The number of nitrogens with zero attached hydrogens (tertiary/aromatic N) is 1. The van der Waals surface area contributed by atoms with Crippen molar-refractivity contribution in [1.82, 2.24) is 4.98 Å². The Hall–Kier alpha value is -3.19. The first-order valence-corrected chi connectivity index (χ1v) is 9.48. The highest BCUT2D eigenvalue weighted by atomic mass is 32.1. The molecular formula is C21H20N2O4S. The Kier molecular flexibility index (Phi) is 6.39. The molecule has 0 aliphatic heterocycles. The largest absolute Gasteiger partial charge is 0.484 e. The molecule has 28 heavy (non-hydrogen) atoms. The van der Waals surface area contributed by atoms with E-state index in [1.165, 1.54) is 18.4 Å². The fraction of sp³-hybridized carbons (Fsp3) is 0.190. The van der Waals surface area contributed by atoms with Crippen molar-refractivity contribution in [3.63, 3.8) is 0 Å². The number of carbonyl (C=O) groups is 2. The highest BCUT2D eigenvalue weighted by Gasteiger charge is 2.17. The number of hydrogen-bond acceptors (Lipinski definition) is 6. The summed E-state index contributed by atoms with van der Waals surface area (Å²) in [6.45, 7) is 1.85. The van der Waals surface area contributed by atoms with Gasteiger partial charge >= 0.3 is 5.97 Å². The fourth-order valence-corrected chi connectivity index (χ4v) is 3.47. The molecule has 1 N–H and O–H groups in total. The van der Waals surface area contributed by atoms with Gasteiger partial charge in [-0.2, -0.15) is 0 Å². The van der Waals surface area contributed by atoms with Gasteiger partial charge < -0.3 is 9.47 Å². The minimum atomic E-state index is -0.360. The smallest absolute Gasteiger partial charge is 0.310 e. The molecule has 0 aliphatic carbocycles. The van der Waals surface area contributed by atoms with Gasteiger partial charge in [-0.25, -0.2) is 4.98 Å². The first-order valence-electron chi connectivity index (χ1n) is 8.66. The molecule has 1 heterocycles. The molecule has 0 radical (unpaired) electrons. The van der Waals surface area contributed by atoms with Gasteiger partial charge in [0, 0.05) is 10.4 Å². The van der Waals surface area contributed by atoms with E-state index >= 15 is 0 Å². The average molecular weight is 396 g/mol. The number of aryl methyl sites for hydroxylation is 1. The number of thiazole rings is 1. The minimum Gasteiger partial charge on any atom is -0.484 e. The number of amides is 1. The average Bonchev–Trinajstić information content (AvgIpc) is 3.10. The molecule has 144 valence electrons. The molecular weight excluding hydrogens is 376 g/mol. The van der Waals surface area contributed by atoms with Crippen LogP contribution in [0.3, 0.4) is 0 Å². The Balaban J connectivity index is 1.71. The van der Waals surface area contributed by atoms with E-state index in [9.17, 15) is 9.59 Å². The third kappa shape index (κ3) is 5.17. The third-order valence-electron chi connectivity index (χ3n) is 3.91. The number of ether oxygens (including phenoxy) is 2. The number of benzene rings is 2. The Bertz CT molecular complexity index is 952. The highest BCUT2D eigenvalue weighted by Crippen LogP contribution is 2.31. The quantitative estimate of drug-likeness (QED) is 0.614. The zero-order valence-electron chi connectivity index (χ0n) is 15.6. The van der Waals surface area contributed by atoms with Gasteiger partial charge in [0.25, 0.3) is 5.91 Å². The molecule has 0 fully saturated rings. The summed E-state index contributed by atoms with van der Waals surface area (Å²) < 4.78 is 10.3. The molecule has 6 nitrogen and oxygen atoms in total. The van der Waals surface area contributed by atoms with Crippen LogP contribution in [0.5, 0.6) is 5.75 Å². The van der Waals surface area contributed by atoms with Gasteiger partial charge in [0.15, 0.2) is 11.7 Å². The number of hydrogen-bond donors (Lipinski definition) is 1. The van der Waals surface area contributed by atoms with Crippen molar-refractivity contribution in [2.24, 2.45) is 0 Å². The molecule has 1 aromatic heterocycles. The van der Waals surface area contributed by atoms with Crippen molar-refractivity contribution < 1.29 is 19.1 Å². The first-order chi connectivity index (χ1) is 13.5. The van der Waals surface area contributed by atoms with Crippen LogP contribution in [0.4, 0.5) is 5.13 Å². The van der Waals surface area contributed by atoms with Crippen molar-refractivity contribution in [2.75, 3.05) is 19.0 Å². The lowest BCUT2D eigenvalue weighted by molar-refractivity contribution is -0.139. The number of rotatable bonds is 7. The summed E-state index contributed by atoms with van der Waals surface area (Å²) in [5.74, 6) is -0.0591. The molecule has 0 saturated heterocycles. The number of anilines is 1. The van der Waals surface area contributed by atoms with Crippen LogP contribution in [0.1, 0.15) is 10.4 Å². The predicted molar refractivity (Wildman–Crippen MR) is 109 cm³/mol. The molecule has 0 aliphatic rings.